The summed E-state index contributed by atoms with van der Waals surface area (Å²) in [6.07, 6.45) is 5.00. The molecule has 3 heteroatoms. The van der Waals surface area contributed by atoms with Gasteiger partial charge < -0.3 is 10.1 Å². The van der Waals surface area contributed by atoms with Crippen LogP contribution < -0.4 is 5.32 Å². The highest BCUT2D eigenvalue weighted by Crippen LogP contribution is 2.24. The average Bonchev–Trinajstić information content (AvgIpc) is 2.52. The summed E-state index contributed by atoms with van der Waals surface area (Å²) in [5.74, 6) is 0.226. The van der Waals surface area contributed by atoms with E-state index in [9.17, 15) is 9.59 Å². The minimum Gasteiger partial charge on any atom is -0.349 e. The van der Waals surface area contributed by atoms with Gasteiger partial charge in [-0.25, -0.2) is 0 Å². The molecule has 0 unspecified atom stereocenters. The van der Waals surface area contributed by atoms with Gasteiger partial charge in [0.05, 0.1) is 6.54 Å². The zero-order valence-electron chi connectivity index (χ0n) is 6.51. The standard InChI is InChI=1S/C8H13NO2/c10-6-5-9-8(11)7-3-1-2-4-7/h6-7H,1-5H2,(H,9,11). The molecule has 0 aromatic rings. The Morgan fingerprint density at radius 3 is 2.64 bits per heavy atom. The quantitative estimate of drug-likeness (QED) is 0.603. The van der Waals surface area contributed by atoms with Gasteiger partial charge in [0.2, 0.25) is 5.91 Å². The van der Waals surface area contributed by atoms with Gasteiger partial charge >= 0.3 is 0 Å². The molecule has 1 aliphatic rings. The highest BCUT2D eigenvalue weighted by Gasteiger charge is 2.21. The first-order chi connectivity index (χ1) is 5.34. The second kappa shape index (κ2) is 4.11. The van der Waals surface area contributed by atoms with Gasteiger partial charge in [-0.2, -0.15) is 0 Å². The molecule has 0 heterocycles. The Morgan fingerprint density at radius 2 is 2.09 bits per heavy atom. The average molecular weight is 155 g/mol. The Morgan fingerprint density at radius 1 is 1.45 bits per heavy atom. The Kier molecular flexibility index (Phi) is 3.08. The van der Waals surface area contributed by atoms with E-state index in [1.54, 1.807) is 0 Å². The summed E-state index contributed by atoms with van der Waals surface area (Å²) in [6, 6.07) is 0. The summed E-state index contributed by atoms with van der Waals surface area (Å²) in [4.78, 5) is 21.0. The van der Waals surface area contributed by atoms with E-state index < -0.39 is 0 Å². The lowest BCUT2D eigenvalue weighted by atomic mass is 10.1. The molecule has 0 radical (unpaired) electrons. The Bertz CT molecular complexity index is 150. The summed E-state index contributed by atoms with van der Waals surface area (Å²) >= 11 is 0. The molecular formula is C8H13NO2. The van der Waals surface area contributed by atoms with Crippen molar-refractivity contribution in [3.63, 3.8) is 0 Å². The van der Waals surface area contributed by atoms with Crippen molar-refractivity contribution < 1.29 is 9.59 Å². The first kappa shape index (κ1) is 8.24. The van der Waals surface area contributed by atoms with E-state index in [0.717, 1.165) is 25.7 Å². The van der Waals surface area contributed by atoms with E-state index in [0.29, 0.717) is 6.29 Å². The van der Waals surface area contributed by atoms with Crippen LogP contribution in [0.5, 0.6) is 0 Å². The molecule has 0 aromatic heterocycles. The number of amides is 1. The van der Waals surface area contributed by atoms with E-state index in [1.165, 1.54) is 0 Å². The minimum absolute atomic E-state index is 0.0506. The number of carbonyl (C=O) groups excluding carboxylic acids is 2. The molecule has 1 amide bonds. The molecule has 1 aliphatic carbocycles. The molecule has 1 fully saturated rings. The summed E-state index contributed by atoms with van der Waals surface area (Å²) in [5.41, 5.74) is 0. The van der Waals surface area contributed by atoms with Crippen LogP contribution in [0.3, 0.4) is 0 Å². The van der Waals surface area contributed by atoms with Gasteiger partial charge in [-0.3, -0.25) is 4.79 Å². The van der Waals surface area contributed by atoms with Crippen LogP contribution in [0.15, 0.2) is 0 Å². The van der Waals surface area contributed by atoms with Gasteiger partial charge in [-0.15, -0.1) is 0 Å². The molecule has 0 atom stereocenters. The van der Waals surface area contributed by atoms with Gasteiger partial charge in [-0.1, -0.05) is 12.8 Å². The Hall–Kier alpha value is -0.860. The maximum Gasteiger partial charge on any atom is 0.223 e. The predicted octanol–water partition coefficient (Wildman–Crippen LogP) is 0.492. The van der Waals surface area contributed by atoms with E-state index in [4.69, 9.17) is 0 Å². The third-order valence-electron chi connectivity index (χ3n) is 2.09. The van der Waals surface area contributed by atoms with E-state index in [1.807, 2.05) is 0 Å². The van der Waals surface area contributed by atoms with Crippen molar-refractivity contribution in [3.05, 3.63) is 0 Å². The Balaban J connectivity index is 2.22. The second-order valence-electron chi connectivity index (χ2n) is 2.89. The predicted molar refractivity (Wildman–Crippen MR) is 41.0 cm³/mol. The fourth-order valence-electron chi connectivity index (χ4n) is 1.47. The molecule has 0 aliphatic heterocycles. The van der Waals surface area contributed by atoms with Gasteiger partial charge in [-0.05, 0) is 12.8 Å². The molecule has 1 saturated carbocycles. The van der Waals surface area contributed by atoms with Gasteiger partial charge in [0, 0.05) is 5.92 Å². The van der Waals surface area contributed by atoms with Crippen LogP contribution in [-0.2, 0) is 9.59 Å². The highest BCUT2D eigenvalue weighted by atomic mass is 16.2. The van der Waals surface area contributed by atoms with Crippen molar-refractivity contribution in [2.75, 3.05) is 6.54 Å². The maximum absolute atomic E-state index is 11.1. The number of carbonyl (C=O) groups is 2. The molecule has 1 N–H and O–H groups in total. The lowest BCUT2D eigenvalue weighted by Gasteiger charge is -2.06. The summed E-state index contributed by atoms with van der Waals surface area (Å²) in [5, 5.41) is 2.57. The van der Waals surface area contributed by atoms with E-state index in [-0.39, 0.29) is 18.4 Å². The number of nitrogens with one attached hydrogen (secondary N) is 1. The summed E-state index contributed by atoms with van der Waals surface area (Å²) in [7, 11) is 0. The third kappa shape index (κ3) is 2.33. The first-order valence-corrected chi connectivity index (χ1v) is 4.06. The molecular weight excluding hydrogens is 142 g/mol. The SMILES string of the molecule is O=CCNC(=O)C1CCCC1. The monoisotopic (exact) mass is 155 g/mol. The van der Waals surface area contributed by atoms with Crippen LogP contribution in [0.25, 0.3) is 0 Å². The number of rotatable bonds is 3. The van der Waals surface area contributed by atoms with Gasteiger partial charge in [0.15, 0.2) is 0 Å². The van der Waals surface area contributed by atoms with Crippen molar-refractivity contribution in [1.82, 2.24) is 5.32 Å². The van der Waals surface area contributed by atoms with E-state index >= 15 is 0 Å². The van der Waals surface area contributed by atoms with Crippen LogP contribution in [-0.4, -0.2) is 18.7 Å². The molecule has 1 rings (SSSR count). The summed E-state index contributed by atoms with van der Waals surface area (Å²) < 4.78 is 0. The van der Waals surface area contributed by atoms with Crippen molar-refractivity contribution in [2.45, 2.75) is 25.7 Å². The molecule has 0 aromatic carbocycles. The van der Waals surface area contributed by atoms with Crippen LogP contribution >= 0.6 is 0 Å². The van der Waals surface area contributed by atoms with Crippen molar-refractivity contribution in [2.24, 2.45) is 5.92 Å². The maximum atomic E-state index is 11.1. The highest BCUT2D eigenvalue weighted by molar-refractivity contribution is 5.80. The smallest absolute Gasteiger partial charge is 0.223 e. The van der Waals surface area contributed by atoms with Crippen LogP contribution in [0.2, 0.25) is 0 Å². The van der Waals surface area contributed by atoms with Crippen LogP contribution in [0.4, 0.5) is 0 Å². The van der Waals surface area contributed by atoms with Crippen molar-refractivity contribution in [3.8, 4) is 0 Å². The number of hydrogen-bond donors (Lipinski definition) is 1. The van der Waals surface area contributed by atoms with Crippen molar-refractivity contribution >= 4 is 12.2 Å². The molecule has 3 nitrogen and oxygen atoms in total. The third-order valence-corrected chi connectivity index (χ3v) is 2.09. The molecule has 0 saturated heterocycles. The largest absolute Gasteiger partial charge is 0.349 e. The normalized spacial score (nSPS) is 18.2. The lowest BCUT2D eigenvalue weighted by molar-refractivity contribution is -0.125. The fraction of sp³-hybridized carbons (Fsp3) is 0.750. The topological polar surface area (TPSA) is 46.2 Å². The second-order valence-corrected chi connectivity index (χ2v) is 2.89. The molecule has 0 spiro atoms. The van der Waals surface area contributed by atoms with Gasteiger partial charge in [0.1, 0.15) is 6.29 Å². The van der Waals surface area contributed by atoms with E-state index in [2.05, 4.69) is 5.32 Å². The molecule has 62 valence electrons. The van der Waals surface area contributed by atoms with Crippen molar-refractivity contribution in [1.29, 1.82) is 0 Å². The number of hydrogen-bond acceptors (Lipinski definition) is 2. The molecule has 11 heavy (non-hydrogen) atoms. The Labute approximate surface area is 66.2 Å². The first-order valence-electron chi connectivity index (χ1n) is 4.06. The number of aldehydes is 1. The molecule has 0 bridgehead atoms. The summed E-state index contributed by atoms with van der Waals surface area (Å²) in [6.45, 7) is 0.162. The van der Waals surface area contributed by atoms with Gasteiger partial charge in [0.25, 0.3) is 0 Å². The lowest BCUT2D eigenvalue weighted by Crippen LogP contribution is -2.30. The van der Waals surface area contributed by atoms with Crippen LogP contribution in [0, 0.1) is 5.92 Å². The van der Waals surface area contributed by atoms with Crippen LogP contribution in [0.1, 0.15) is 25.7 Å². The fourth-order valence-corrected chi connectivity index (χ4v) is 1.47. The zero-order valence-corrected chi connectivity index (χ0v) is 6.51. The minimum atomic E-state index is 0.0506. The zero-order chi connectivity index (χ0) is 8.10.